The fourth-order valence-corrected chi connectivity index (χ4v) is 12.3. The van der Waals surface area contributed by atoms with Gasteiger partial charge in [0.25, 0.3) is 11.8 Å². The summed E-state index contributed by atoms with van der Waals surface area (Å²) >= 11 is 17.2. The molecule has 4 aromatic carbocycles. The Kier molecular flexibility index (Phi) is 19.8. The van der Waals surface area contributed by atoms with Gasteiger partial charge in [0.15, 0.2) is 5.75 Å². The van der Waals surface area contributed by atoms with E-state index in [-0.39, 0.29) is 69.7 Å². The van der Waals surface area contributed by atoms with E-state index in [0.29, 0.717) is 45.1 Å². The number of nitrogens with zero attached hydrogens (tertiary/aromatic N) is 4. The molecule has 0 atom stereocenters. The third-order valence-corrected chi connectivity index (χ3v) is 17.2. The molecule has 3 aromatic heterocycles. The number of benzene rings is 4. The number of anilines is 4. The molecule has 0 aliphatic heterocycles. The SMILES string of the molecule is COc1c(S(=O)(=O)NC(c2cccnc2)c2cccnc2)ccc(C(=O)NC2CC2)c1Nc1ccc(I)cc1Cl.O=C(NOCC1CC1)c1ccc(S(=O)(=O)N(CCO)Cc2ccncc2)cc1Nc1ccc(I)cc1Cl. The van der Waals surface area contributed by atoms with Gasteiger partial charge in [-0.05, 0) is 184 Å². The van der Waals surface area contributed by atoms with Crippen LogP contribution in [0, 0.1) is 13.1 Å². The van der Waals surface area contributed by atoms with Gasteiger partial charge in [-0.25, -0.2) is 22.3 Å². The van der Waals surface area contributed by atoms with E-state index in [0.717, 1.165) is 38.4 Å². The Morgan fingerprint density at radius 3 is 1.92 bits per heavy atom. The number of carbonyl (C=O) groups excluding carboxylic acids is 2. The molecule has 7 aromatic rings. The normalized spacial score (nSPS) is 13.4. The Morgan fingerprint density at radius 1 is 0.740 bits per heavy atom. The van der Waals surface area contributed by atoms with Crippen molar-refractivity contribution in [1.82, 2.24) is 34.8 Å². The fourth-order valence-electron chi connectivity index (χ4n) is 7.67. The van der Waals surface area contributed by atoms with Crippen LogP contribution >= 0.6 is 68.4 Å². The molecule has 77 heavy (non-hydrogen) atoms. The predicted molar refractivity (Wildman–Crippen MR) is 311 cm³/mol. The Balaban J connectivity index is 0.000000204. The summed E-state index contributed by atoms with van der Waals surface area (Å²) in [4.78, 5) is 43.5. The number of pyridine rings is 3. The number of hydrogen-bond acceptors (Lipinski definition) is 14. The molecule has 0 radical (unpaired) electrons. The number of nitrogens with one attached hydrogen (secondary N) is 5. The smallest absolute Gasteiger partial charge is 0.276 e. The number of methoxy groups -OCH3 is 1. The number of amides is 2. The van der Waals surface area contributed by atoms with E-state index >= 15 is 0 Å². The first-order valence-electron chi connectivity index (χ1n) is 23.9. The van der Waals surface area contributed by atoms with Crippen LogP contribution in [0.25, 0.3) is 0 Å². The van der Waals surface area contributed by atoms with E-state index in [4.69, 9.17) is 32.8 Å². The van der Waals surface area contributed by atoms with Gasteiger partial charge >= 0.3 is 0 Å². The van der Waals surface area contributed by atoms with Crippen molar-refractivity contribution in [2.24, 2.45) is 5.92 Å². The maximum absolute atomic E-state index is 14.0. The van der Waals surface area contributed by atoms with E-state index in [1.807, 2.05) is 12.1 Å². The summed E-state index contributed by atoms with van der Waals surface area (Å²) in [6.45, 7) is 0.0174. The molecule has 24 heteroatoms. The summed E-state index contributed by atoms with van der Waals surface area (Å²) < 4.78 is 66.6. The summed E-state index contributed by atoms with van der Waals surface area (Å²) in [5.41, 5.74) is 6.26. The zero-order valence-corrected chi connectivity index (χ0v) is 48.5. The minimum Gasteiger partial charge on any atom is -0.493 e. The molecule has 402 valence electrons. The summed E-state index contributed by atoms with van der Waals surface area (Å²) in [5.74, 6) is -0.432. The van der Waals surface area contributed by atoms with E-state index < -0.39 is 32.0 Å². The Morgan fingerprint density at radius 2 is 1.36 bits per heavy atom. The largest absolute Gasteiger partial charge is 0.493 e. The highest BCUT2D eigenvalue weighted by Gasteiger charge is 2.33. The molecular formula is C53H51Cl2I2N9O9S2. The minimum atomic E-state index is -4.22. The van der Waals surface area contributed by atoms with Gasteiger partial charge in [-0.2, -0.15) is 9.03 Å². The number of halogens is 4. The number of hydroxylamine groups is 1. The lowest BCUT2D eigenvalue weighted by molar-refractivity contribution is 0.0271. The second-order valence-corrected chi connectivity index (χ2v) is 24.6. The molecular weight excluding hydrogens is 1300 g/mol. The van der Waals surface area contributed by atoms with Crippen molar-refractivity contribution in [3.05, 3.63) is 185 Å². The first-order chi connectivity index (χ1) is 37.0. The van der Waals surface area contributed by atoms with Crippen LogP contribution < -0.4 is 30.9 Å². The van der Waals surface area contributed by atoms with E-state index in [1.165, 1.54) is 41.7 Å². The van der Waals surface area contributed by atoms with E-state index in [9.17, 15) is 31.5 Å². The topological polar surface area (TPSA) is 243 Å². The third-order valence-electron chi connectivity index (χ3n) is 12.0. The van der Waals surface area contributed by atoms with E-state index in [1.54, 1.807) is 97.8 Å². The third kappa shape index (κ3) is 15.4. The molecule has 9 rings (SSSR count). The molecule has 18 nitrogen and oxygen atoms in total. The predicted octanol–water partition coefficient (Wildman–Crippen LogP) is 9.78. The van der Waals surface area contributed by atoms with Gasteiger partial charge in [-0.1, -0.05) is 35.3 Å². The number of ether oxygens (including phenoxy) is 1. The van der Waals surface area contributed by atoms with Crippen molar-refractivity contribution in [2.75, 3.05) is 37.5 Å². The minimum absolute atomic E-state index is 0.0262. The summed E-state index contributed by atoms with van der Waals surface area (Å²) in [7, 11) is -6.90. The number of hydrogen-bond donors (Lipinski definition) is 6. The van der Waals surface area contributed by atoms with Crippen LogP contribution in [0.15, 0.2) is 150 Å². The van der Waals surface area contributed by atoms with Crippen molar-refractivity contribution in [1.29, 1.82) is 0 Å². The van der Waals surface area contributed by atoms with Crippen LogP contribution in [0.5, 0.6) is 5.75 Å². The number of aliphatic hydroxyl groups excluding tert-OH is 1. The zero-order valence-electron chi connectivity index (χ0n) is 41.0. The molecule has 0 bridgehead atoms. The summed E-state index contributed by atoms with van der Waals surface area (Å²) in [6, 6.07) is 27.5. The first-order valence-corrected chi connectivity index (χ1v) is 29.7. The second-order valence-electron chi connectivity index (χ2n) is 17.7. The monoisotopic (exact) mass is 1350 g/mol. The first kappa shape index (κ1) is 57.6. The van der Waals surface area contributed by atoms with Crippen LogP contribution in [0.4, 0.5) is 22.7 Å². The molecule has 2 fully saturated rings. The highest BCUT2D eigenvalue weighted by molar-refractivity contribution is 14.1. The lowest BCUT2D eigenvalue weighted by atomic mass is 10.0. The maximum atomic E-state index is 14.0. The van der Waals surface area contributed by atoms with Gasteiger partial charge in [-0.3, -0.25) is 29.4 Å². The van der Waals surface area contributed by atoms with Gasteiger partial charge in [0, 0.05) is 63.5 Å². The lowest BCUT2D eigenvalue weighted by Gasteiger charge is -2.22. The quantitative estimate of drug-likeness (QED) is 0.0273. The van der Waals surface area contributed by atoms with Crippen molar-refractivity contribution >= 4 is 123 Å². The van der Waals surface area contributed by atoms with Crippen LogP contribution in [-0.2, 0) is 31.4 Å². The second kappa shape index (κ2) is 26.4. The standard InChI is InChI=1S/C28H25ClIN5O4S.C25H26ClIN4O5S/c1-39-27-24(40(37,38)35-25(17-4-2-12-31-15-17)18-5-3-13-32-16-18)11-9-21(28(36)33-20-7-8-20)26(27)34-23-10-6-19(30)14-22(23)29;26-22-13-19(27)3-6-23(22)29-24-14-20(4-5-21(24)25(33)30-36-16-18-1-2-18)37(34,35)31(11-12-32)15-17-7-9-28-10-8-17/h2-6,9-16,20,25,34-35H,7-8H2,1H3,(H,33,36);3-10,13-14,18,29,32H,1-2,11-12,15-16H2,(H,30,33). The van der Waals surface area contributed by atoms with Gasteiger partial charge in [0.2, 0.25) is 20.0 Å². The molecule has 0 spiro atoms. The molecule has 2 aliphatic rings. The van der Waals surface area contributed by atoms with Crippen molar-refractivity contribution < 1.29 is 41.1 Å². The van der Waals surface area contributed by atoms with Gasteiger partial charge < -0.3 is 25.8 Å². The van der Waals surface area contributed by atoms with Crippen LogP contribution in [0.3, 0.4) is 0 Å². The average molecular weight is 1350 g/mol. The summed E-state index contributed by atoms with van der Waals surface area (Å²) in [5, 5.41) is 19.6. The van der Waals surface area contributed by atoms with Crippen LogP contribution in [0.2, 0.25) is 10.0 Å². The van der Waals surface area contributed by atoms with E-state index in [2.05, 4.69) is 86.3 Å². The molecule has 0 saturated heterocycles. The number of carbonyl (C=O) groups is 2. The van der Waals surface area contributed by atoms with Crippen LogP contribution in [0.1, 0.15) is 69.1 Å². The molecule has 2 saturated carbocycles. The van der Waals surface area contributed by atoms with Gasteiger partial charge in [0.1, 0.15) is 4.90 Å². The molecule has 3 heterocycles. The highest BCUT2D eigenvalue weighted by Crippen LogP contribution is 2.41. The van der Waals surface area contributed by atoms with Crippen molar-refractivity contribution in [3.63, 3.8) is 0 Å². The van der Waals surface area contributed by atoms with Gasteiger partial charge in [-0.15, -0.1) is 0 Å². The molecule has 6 N–H and O–H groups in total. The van der Waals surface area contributed by atoms with Gasteiger partial charge in [0.05, 0.1) is 75.2 Å². The molecule has 2 amide bonds. The number of aliphatic hydroxyl groups is 1. The van der Waals surface area contributed by atoms with Crippen molar-refractivity contribution in [2.45, 2.75) is 54.1 Å². The lowest BCUT2D eigenvalue weighted by Crippen LogP contribution is -2.33. The zero-order chi connectivity index (χ0) is 54.7. The Bertz CT molecular complexity index is 3410. The van der Waals surface area contributed by atoms with Crippen molar-refractivity contribution in [3.8, 4) is 5.75 Å². The summed E-state index contributed by atoms with van der Waals surface area (Å²) in [6.07, 6.45) is 13.5. The number of rotatable bonds is 22. The Labute approximate surface area is 483 Å². The highest BCUT2D eigenvalue weighted by atomic mass is 127. The van der Waals surface area contributed by atoms with Crippen LogP contribution in [-0.4, -0.2) is 85.9 Å². The number of sulfonamides is 2. The Hall–Kier alpha value is -5.55. The number of aromatic nitrogens is 3. The fraction of sp³-hybridized carbons (Fsp3) is 0.226. The average Bonchev–Trinajstić information content (AvgIpc) is 4.40. The molecule has 2 aliphatic carbocycles. The maximum Gasteiger partial charge on any atom is 0.276 e. The molecule has 0 unspecified atom stereocenters.